The van der Waals surface area contributed by atoms with E-state index in [-0.39, 0.29) is 0 Å². The molecule has 0 N–H and O–H groups in total. The van der Waals surface area contributed by atoms with Crippen LogP contribution in [-0.2, 0) is 19.7 Å². The Bertz CT molecular complexity index is 7820. The summed E-state index contributed by atoms with van der Waals surface area (Å²) in [4.78, 5) is 6.94. The van der Waals surface area contributed by atoms with Gasteiger partial charge in [0.05, 0.1) is 19.6 Å². The van der Waals surface area contributed by atoms with E-state index in [2.05, 4.69) is 216 Å². The molecule has 112 heavy (non-hydrogen) atoms. The van der Waals surface area contributed by atoms with E-state index in [9.17, 15) is 16.8 Å². The van der Waals surface area contributed by atoms with Gasteiger partial charge in [0, 0.05) is 52.3 Å². The number of sulfone groups is 2. The van der Waals surface area contributed by atoms with E-state index in [0.717, 1.165) is 124 Å². The molecule has 528 valence electrons. The summed E-state index contributed by atoms with van der Waals surface area (Å²) in [5, 5.41) is 24.1. The SMILES string of the molecule is C=C1CC(=C)c2ccc3c4c(ccc1c24)-c1ccccc1S3(=O)=O.C=C1CC(=C)c2ccc3c4c(ccc1c24)Sc1ccccc1-3.C=C1CC(=C)c2ccc3c4ccc5c6c(ccc(c7ccc1c2c73)c64)-c1ccccc1S5(=O)=O.C=C1CC(=C)c2ccc3c4ccc5c6c(ccc(c7ccc1c2c73)c64)Sc1ccccc1-5. The molecule has 18 aromatic carbocycles. The number of fused-ring (bicyclic) bond motifs is 12. The fraction of sp³-hybridized carbons (Fsp3) is 0.0385. The lowest BCUT2D eigenvalue weighted by molar-refractivity contribution is 0.595. The van der Waals surface area contributed by atoms with Gasteiger partial charge in [-0.05, 0) is 283 Å². The van der Waals surface area contributed by atoms with Gasteiger partial charge in [0.25, 0.3) is 0 Å². The first-order valence-electron chi connectivity index (χ1n) is 37.7. The van der Waals surface area contributed by atoms with Crippen LogP contribution in [0.5, 0.6) is 0 Å². The molecule has 0 unspecified atom stereocenters. The Morgan fingerprint density at radius 2 is 0.402 bits per heavy atom. The minimum Gasteiger partial charge on any atom is -0.218 e. The second-order valence-corrected chi connectivity index (χ2v) is 36.9. The summed E-state index contributed by atoms with van der Waals surface area (Å²) in [5.41, 5.74) is 27.4. The lowest BCUT2D eigenvalue weighted by Gasteiger charge is -2.27. The largest absolute Gasteiger partial charge is 0.218 e. The number of benzene rings is 18. The zero-order valence-electron chi connectivity index (χ0n) is 60.8. The van der Waals surface area contributed by atoms with Crippen molar-refractivity contribution in [1.29, 1.82) is 0 Å². The summed E-state index contributed by atoms with van der Waals surface area (Å²) in [6.45, 7) is 34.3. The maximum Gasteiger partial charge on any atom is 0.207 e. The van der Waals surface area contributed by atoms with Crippen molar-refractivity contribution in [3.8, 4) is 44.5 Å². The van der Waals surface area contributed by atoms with Crippen molar-refractivity contribution >= 4 is 196 Å². The first-order chi connectivity index (χ1) is 54.4. The van der Waals surface area contributed by atoms with Crippen LogP contribution in [0.3, 0.4) is 0 Å². The highest BCUT2D eigenvalue weighted by molar-refractivity contribution is 8.00. The molecule has 0 amide bonds. The van der Waals surface area contributed by atoms with Gasteiger partial charge in [0.2, 0.25) is 19.7 Å². The summed E-state index contributed by atoms with van der Waals surface area (Å²) >= 11 is 3.77. The van der Waals surface area contributed by atoms with Crippen molar-refractivity contribution in [2.24, 2.45) is 0 Å². The Hall–Kier alpha value is -12.4. The lowest BCUT2D eigenvalue weighted by Crippen LogP contribution is -2.12. The minimum absolute atomic E-state index is 0.383. The highest BCUT2D eigenvalue weighted by atomic mass is 32.2. The molecular formula is C104H64O4S4. The third kappa shape index (κ3) is 8.70. The lowest BCUT2D eigenvalue weighted by atomic mass is 9.79. The molecule has 4 aliphatic carbocycles. The Balaban J connectivity index is 0.0000000905. The van der Waals surface area contributed by atoms with Crippen LogP contribution < -0.4 is 0 Å². The van der Waals surface area contributed by atoms with Gasteiger partial charge >= 0.3 is 0 Å². The normalized spacial score (nSPS) is 15.7. The first kappa shape index (κ1) is 65.5. The van der Waals surface area contributed by atoms with Crippen LogP contribution in [0.4, 0.5) is 0 Å². The Labute approximate surface area is 656 Å². The minimum atomic E-state index is -3.60. The van der Waals surface area contributed by atoms with Crippen molar-refractivity contribution in [3.05, 3.63) is 340 Å². The highest BCUT2D eigenvalue weighted by Gasteiger charge is 2.37. The van der Waals surface area contributed by atoms with Gasteiger partial charge in [-0.2, -0.15) is 0 Å². The highest BCUT2D eigenvalue weighted by Crippen LogP contribution is 2.59. The average molecular weight is 1510 g/mol. The van der Waals surface area contributed by atoms with E-state index in [4.69, 9.17) is 0 Å². The van der Waals surface area contributed by atoms with Gasteiger partial charge in [-0.25, -0.2) is 16.8 Å². The van der Waals surface area contributed by atoms with Crippen LogP contribution in [0.15, 0.2) is 334 Å². The van der Waals surface area contributed by atoms with Crippen LogP contribution >= 0.6 is 23.5 Å². The zero-order valence-corrected chi connectivity index (χ0v) is 64.1. The molecule has 18 aromatic rings. The zero-order chi connectivity index (χ0) is 75.5. The molecule has 4 aliphatic heterocycles. The van der Waals surface area contributed by atoms with E-state index in [1.54, 1.807) is 36.4 Å². The molecule has 0 saturated carbocycles. The van der Waals surface area contributed by atoms with Crippen LogP contribution in [0, 0.1) is 0 Å². The molecule has 0 atom stereocenters. The van der Waals surface area contributed by atoms with E-state index in [0.29, 0.717) is 19.6 Å². The molecule has 0 bridgehead atoms. The number of rotatable bonds is 0. The van der Waals surface area contributed by atoms with E-state index in [1.807, 2.05) is 66.0 Å². The summed E-state index contributed by atoms with van der Waals surface area (Å²) in [6, 6.07) is 84.0. The molecule has 26 rings (SSSR count). The summed E-state index contributed by atoms with van der Waals surface area (Å²) in [6.07, 6.45) is 3.25. The standard InChI is InChI=1S/C31H18O2S.C31H18S.C21H14O2S.C21H14S/c1-16-15-17(2)19-8-10-23-25-13-14-27-31-21(20-5-3-4-6-26(20)34(27,32)33)11-12-24(30(25)31)22-9-7-18(16)28(19)29(22)23;1-16-15-17(2)19-8-10-23-25-13-14-27-31-21(20-5-3-4-6-26(20)32-27)11-12-24(30(25)31)22-9-7-18(16)28(19)29(22)23;1-12-11-13(2)15-9-10-19-21-17(8-7-14(12)20(15)21)16-5-3-4-6-18(16)24(19,22)23;1-12-11-13(2)15-9-10-19-21-17(8-7-14(12)20(15)21)16-5-3-4-6-18(16)22-19/h3-14H,1-2,15H2;3-14H,1-2,15H2;3-10H,1-2,11H2;3-10H,1-2,11H2. The number of hydrogen-bond donors (Lipinski definition) is 0. The van der Waals surface area contributed by atoms with Crippen LogP contribution in [0.25, 0.3) is 197 Å². The Morgan fingerprint density at radius 3 is 0.795 bits per heavy atom. The summed E-state index contributed by atoms with van der Waals surface area (Å²) < 4.78 is 53.5. The molecule has 8 heteroatoms. The van der Waals surface area contributed by atoms with Crippen molar-refractivity contribution in [2.75, 3.05) is 0 Å². The first-order valence-corrected chi connectivity index (χ1v) is 42.3. The second kappa shape index (κ2) is 23.1. The fourth-order valence-electron chi connectivity index (χ4n) is 20.2. The number of hydrogen-bond acceptors (Lipinski definition) is 6. The predicted molar refractivity (Wildman–Crippen MR) is 475 cm³/mol. The maximum absolute atomic E-state index is 13.6. The topological polar surface area (TPSA) is 68.3 Å². The average Bonchev–Trinajstić information content (AvgIpc) is 0.694. The van der Waals surface area contributed by atoms with E-state index < -0.39 is 19.7 Å². The molecule has 0 spiro atoms. The van der Waals surface area contributed by atoms with Crippen LogP contribution in [0.2, 0.25) is 0 Å². The molecule has 0 aromatic heterocycles. The van der Waals surface area contributed by atoms with Crippen LogP contribution in [0.1, 0.15) is 70.2 Å². The molecular weight excluding hydrogens is 1440 g/mol. The fourth-order valence-corrected chi connectivity index (χ4v) is 25.8. The van der Waals surface area contributed by atoms with Gasteiger partial charge in [0.15, 0.2) is 0 Å². The second-order valence-electron chi connectivity index (χ2n) is 31.0. The summed E-state index contributed by atoms with van der Waals surface area (Å²) in [5.74, 6) is 0. The van der Waals surface area contributed by atoms with E-state index in [1.165, 1.54) is 162 Å². The third-order valence-corrected chi connectivity index (χ3v) is 31.0. The van der Waals surface area contributed by atoms with Gasteiger partial charge in [-0.1, -0.05) is 270 Å². The van der Waals surface area contributed by atoms with Crippen molar-refractivity contribution in [1.82, 2.24) is 0 Å². The molecule has 0 radical (unpaired) electrons. The smallest absolute Gasteiger partial charge is 0.207 e. The van der Waals surface area contributed by atoms with E-state index >= 15 is 0 Å². The summed E-state index contributed by atoms with van der Waals surface area (Å²) in [7, 11) is -7.12. The Kier molecular flexibility index (Phi) is 13.5. The van der Waals surface area contributed by atoms with Gasteiger partial charge in [0.1, 0.15) is 0 Å². The van der Waals surface area contributed by atoms with Gasteiger partial charge in [-0.15, -0.1) is 0 Å². The van der Waals surface area contributed by atoms with Crippen LogP contribution in [-0.4, -0.2) is 16.8 Å². The predicted octanol–water partition coefficient (Wildman–Crippen LogP) is 28.8. The molecule has 8 aliphatic rings. The Morgan fingerprint density at radius 1 is 0.179 bits per heavy atom. The molecule has 4 nitrogen and oxygen atoms in total. The quantitative estimate of drug-likeness (QED) is 0.111. The maximum atomic E-state index is 13.6. The molecule has 0 saturated heterocycles. The van der Waals surface area contributed by atoms with Gasteiger partial charge < -0.3 is 0 Å². The van der Waals surface area contributed by atoms with Crippen molar-refractivity contribution in [3.63, 3.8) is 0 Å². The molecule has 0 fully saturated rings. The van der Waals surface area contributed by atoms with Gasteiger partial charge in [-0.3, -0.25) is 0 Å². The van der Waals surface area contributed by atoms with Crippen molar-refractivity contribution in [2.45, 2.75) is 64.8 Å². The molecule has 4 heterocycles. The van der Waals surface area contributed by atoms with Crippen molar-refractivity contribution < 1.29 is 16.8 Å². The number of allylic oxidation sites excluding steroid dienone is 8. The third-order valence-electron chi connectivity index (χ3n) is 25.0. The monoisotopic (exact) mass is 1500 g/mol.